The van der Waals surface area contributed by atoms with Crippen molar-refractivity contribution >= 4 is 0 Å². The second-order valence-corrected chi connectivity index (χ2v) is 3.78. The Morgan fingerprint density at radius 3 is 2.72 bits per heavy atom. The second-order valence-electron chi connectivity index (χ2n) is 3.78. The van der Waals surface area contributed by atoms with Gasteiger partial charge in [0.2, 0.25) is 0 Å². The van der Waals surface area contributed by atoms with E-state index in [1.807, 2.05) is 6.92 Å². The summed E-state index contributed by atoms with van der Waals surface area (Å²) in [6, 6.07) is 0. The third kappa shape index (κ3) is 3.07. The summed E-state index contributed by atoms with van der Waals surface area (Å²) in [5.41, 5.74) is 1.60. The predicted octanol–water partition coefficient (Wildman–Crippen LogP) is 1.67. The van der Waals surface area contributed by atoms with Crippen LogP contribution < -0.4 is 5.32 Å². The van der Waals surface area contributed by atoms with Crippen LogP contribution >= 0.6 is 0 Å². The Balaban J connectivity index is 1.88. The van der Waals surface area contributed by atoms with E-state index in [4.69, 9.17) is 0 Å². The summed E-state index contributed by atoms with van der Waals surface area (Å²) in [7, 11) is 0. The van der Waals surface area contributed by atoms with Crippen LogP contribution in [0.5, 0.6) is 0 Å². The maximum Gasteiger partial charge on any atom is 0.319 e. The van der Waals surface area contributed by atoms with Crippen molar-refractivity contribution < 1.29 is 8.78 Å². The molecule has 0 amide bonds. The number of alkyl halides is 2. The van der Waals surface area contributed by atoms with Crippen LogP contribution in [0.1, 0.15) is 23.8 Å². The number of rotatable bonds is 5. The van der Waals surface area contributed by atoms with E-state index in [-0.39, 0.29) is 6.54 Å². The molecule has 5 nitrogen and oxygen atoms in total. The molecule has 2 rings (SSSR count). The van der Waals surface area contributed by atoms with Crippen molar-refractivity contribution in [1.82, 2.24) is 24.8 Å². The van der Waals surface area contributed by atoms with Gasteiger partial charge in [0.1, 0.15) is 5.82 Å². The van der Waals surface area contributed by atoms with Gasteiger partial charge in [-0.05, 0) is 6.92 Å². The van der Waals surface area contributed by atoms with Gasteiger partial charge in [-0.15, -0.1) is 0 Å². The molecular formula is C11H13F2N5. The highest BCUT2D eigenvalue weighted by molar-refractivity contribution is 5.00. The van der Waals surface area contributed by atoms with E-state index in [1.165, 1.54) is 12.4 Å². The van der Waals surface area contributed by atoms with E-state index in [9.17, 15) is 8.78 Å². The van der Waals surface area contributed by atoms with E-state index in [0.717, 1.165) is 16.0 Å². The van der Waals surface area contributed by atoms with Crippen LogP contribution in [0.3, 0.4) is 0 Å². The predicted molar refractivity (Wildman–Crippen MR) is 60.8 cm³/mol. The molecule has 0 bridgehead atoms. The molecule has 18 heavy (non-hydrogen) atoms. The van der Waals surface area contributed by atoms with Crippen LogP contribution in [0, 0.1) is 6.92 Å². The Morgan fingerprint density at radius 1 is 1.22 bits per heavy atom. The fraction of sp³-hybridized carbons (Fsp3) is 0.364. The molecule has 0 unspecified atom stereocenters. The smallest absolute Gasteiger partial charge is 0.304 e. The Labute approximate surface area is 103 Å². The largest absolute Gasteiger partial charge is 0.319 e. The zero-order chi connectivity index (χ0) is 13.0. The number of hydrogen-bond donors (Lipinski definition) is 1. The van der Waals surface area contributed by atoms with E-state index in [1.54, 1.807) is 12.4 Å². The Kier molecular flexibility index (Phi) is 3.93. The molecule has 2 aromatic rings. The van der Waals surface area contributed by atoms with Crippen LogP contribution in [-0.2, 0) is 13.1 Å². The van der Waals surface area contributed by atoms with Crippen molar-refractivity contribution in [3.63, 3.8) is 0 Å². The first-order valence-corrected chi connectivity index (χ1v) is 5.45. The summed E-state index contributed by atoms with van der Waals surface area (Å²) in [6.07, 6.45) is 5.93. The molecule has 0 fully saturated rings. The number of halogens is 2. The summed E-state index contributed by atoms with van der Waals surface area (Å²) in [6.45, 7) is 0.00314. The third-order valence-electron chi connectivity index (χ3n) is 2.38. The lowest BCUT2D eigenvalue weighted by atomic mass is 10.4. The summed E-state index contributed by atoms with van der Waals surface area (Å²) < 4.78 is 25.9. The Bertz CT molecular complexity index is 494. The molecular weight excluding hydrogens is 240 g/mol. The average Bonchev–Trinajstić information content (AvgIpc) is 2.80. The molecule has 0 aliphatic rings. The van der Waals surface area contributed by atoms with Crippen LogP contribution in [-0.4, -0.2) is 19.5 Å². The number of aryl methyl sites for hydroxylation is 1. The molecule has 0 aromatic carbocycles. The van der Waals surface area contributed by atoms with Gasteiger partial charge in [0.05, 0.1) is 17.9 Å². The topological polar surface area (TPSA) is 55.6 Å². The zero-order valence-electron chi connectivity index (χ0n) is 9.85. The van der Waals surface area contributed by atoms with E-state index < -0.39 is 6.55 Å². The third-order valence-corrected chi connectivity index (χ3v) is 2.38. The molecule has 7 heteroatoms. The molecule has 1 N–H and O–H groups in total. The minimum Gasteiger partial charge on any atom is -0.304 e. The van der Waals surface area contributed by atoms with Gasteiger partial charge in [-0.2, -0.15) is 8.78 Å². The fourth-order valence-corrected chi connectivity index (χ4v) is 1.47. The first-order chi connectivity index (χ1) is 8.66. The minimum atomic E-state index is -2.57. The number of nitrogens with one attached hydrogen (secondary N) is 1. The standard InChI is InChI=1S/C11H13F2N5/c1-8-4-17-9(6-16-8)5-14-7-10-15-2-3-18(10)11(12)13/h2-4,6,11,14H,5,7H2,1H3. The first-order valence-electron chi connectivity index (χ1n) is 5.45. The van der Waals surface area contributed by atoms with Gasteiger partial charge in [0.25, 0.3) is 0 Å². The SMILES string of the molecule is Cc1cnc(CNCc2nccn2C(F)F)cn1. The lowest BCUT2D eigenvalue weighted by Crippen LogP contribution is -2.17. The average molecular weight is 253 g/mol. The van der Waals surface area contributed by atoms with Crippen molar-refractivity contribution in [1.29, 1.82) is 0 Å². The Morgan fingerprint density at radius 2 is 2.06 bits per heavy atom. The summed E-state index contributed by atoms with van der Waals surface area (Å²) >= 11 is 0. The van der Waals surface area contributed by atoms with Crippen LogP contribution in [0.2, 0.25) is 0 Å². The summed E-state index contributed by atoms with van der Waals surface area (Å²) in [5, 5.41) is 3.00. The molecule has 0 saturated heterocycles. The van der Waals surface area contributed by atoms with Gasteiger partial charge in [0, 0.05) is 31.3 Å². The number of aromatic nitrogens is 4. The number of hydrogen-bond acceptors (Lipinski definition) is 4. The van der Waals surface area contributed by atoms with Gasteiger partial charge in [-0.25, -0.2) is 4.98 Å². The van der Waals surface area contributed by atoms with Crippen LogP contribution in [0.4, 0.5) is 8.78 Å². The normalized spacial score (nSPS) is 11.1. The highest BCUT2D eigenvalue weighted by Crippen LogP contribution is 2.11. The van der Waals surface area contributed by atoms with Gasteiger partial charge < -0.3 is 5.32 Å². The van der Waals surface area contributed by atoms with E-state index in [0.29, 0.717) is 12.4 Å². The number of imidazole rings is 1. The molecule has 2 aromatic heterocycles. The van der Waals surface area contributed by atoms with Gasteiger partial charge in [-0.3, -0.25) is 14.5 Å². The minimum absolute atomic E-state index is 0.257. The summed E-state index contributed by atoms with van der Waals surface area (Å²) in [4.78, 5) is 12.1. The van der Waals surface area contributed by atoms with Crippen molar-refractivity contribution in [2.24, 2.45) is 0 Å². The second kappa shape index (κ2) is 5.63. The maximum atomic E-state index is 12.5. The van der Waals surface area contributed by atoms with Crippen LogP contribution in [0.15, 0.2) is 24.8 Å². The van der Waals surface area contributed by atoms with Crippen molar-refractivity contribution in [2.45, 2.75) is 26.6 Å². The van der Waals surface area contributed by atoms with Crippen LogP contribution in [0.25, 0.3) is 0 Å². The Hall–Kier alpha value is -1.89. The first kappa shape index (κ1) is 12.6. The van der Waals surface area contributed by atoms with Crippen molar-refractivity contribution in [2.75, 3.05) is 0 Å². The van der Waals surface area contributed by atoms with E-state index in [2.05, 4.69) is 20.3 Å². The van der Waals surface area contributed by atoms with Gasteiger partial charge in [0.15, 0.2) is 0 Å². The zero-order valence-corrected chi connectivity index (χ0v) is 9.85. The molecule has 0 radical (unpaired) electrons. The molecule has 96 valence electrons. The molecule has 0 aliphatic carbocycles. The summed E-state index contributed by atoms with van der Waals surface area (Å²) in [5.74, 6) is 0.296. The molecule has 0 atom stereocenters. The van der Waals surface area contributed by atoms with Crippen molar-refractivity contribution in [3.05, 3.63) is 42.0 Å². The highest BCUT2D eigenvalue weighted by atomic mass is 19.3. The number of nitrogens with zero attached hydrogens (tertiary/aromatic N) is 4. The van der Waals surface area contributed by atoms with Gasteiger partial charge in [-0.1, -0.05) is 0 Å². The van der Waals surface area contributed by atoms with Gasteiger partial charge >= 0.3 is 6.55 Å². The maximum absolute atomic E-state index is 12.5. The highest BCUT2D eigenvalue weighted by Gasteiger charge is 2.10. The molecule has 0 aliphatic heterocycles. The van der Waals surface area contributed by atoms with E-state index >= 15 is 0 Å². The lowest BCUT2D eigenvalue weighted by Gasteiger charge is -2.07. The molecule has 2 heterocycles. The quantitative estimate of drug-likeness (QED) is 0.880. The fourth-order valence-electron chi connectivity index (χ4n) is 1.47. The molecule has 0 saturated carbocycles. The monoisotopic (exact) mass is 253 g/mol. The molecule has 0 spiro atoms. The van der Waals surface area contributed by atoms with Crippen molar-refractivity contribution in [3.8, 4) is 0 Å². The lowest BCUT2D eigenvalue weighted by molar-refractivity contribution is 0.0666.